The summed E-state index contributed by atoms with van der Waals surface area (Å²) in [7, 11) is 1.95. The number of para-hydroxylation sites is 1. The molecule has 0 spiro atoms. The maximum atomic E-state index is 12.3. The zero-order valence-corrected chi connectivity index (χ0v) is 12.5. The van der Waals surface area contributed by atoms with Gasteiger partial charge >= 0.3 is 0 Å². The van der Waals surface area contributed by atoms with Gasteiger partial charge in [-0.25, -0.2) is 0 Å². The van der Waals surface area contributed by atoms with Crippen molar-refractivity contribution in [2.75, 3.05) is 0 Å². The van der Waals surface area contributed by atoms with E-state index in [1.165, 1.54) is 4.57 Å². The van der Waals surface area contributed by atoms with Crippen molar-refractivity contribution in [2.24, 2.45) is 7.05 Å². The second-order valence-corrected chi connectivity index (χ2v) is 5.45. The molecular weight excluding hydrogens is 292 g/mol. The average molecular weight is 306 g/mol. The molecule has 4 rings (SSSR count). The zero-order valence-electron chi connectivity index (χ0n) is 12.5. The molecule has 0 atom stereocenters. The van der Waals surface area contributed by atoms with Gasteiger partial charge in [0.25, 0.3) is 5.56 Å². The Morgan fingerprint density at radius 3 is 2.96 bits per heavy atom. The van der Waals surface area contributed by atoms with Gasteiger partial charge in [-0.3, -0.25) is 10.2 Å². The summed E-state index contributed by atoms with van der Waals surface area (Å²) in [4.78, 5) is 15.0. The third kappa shape index (κ3) is 1.96. The lowest BCUT2D eigenvalue weighted by atomic mass is 10.1. The topological polar surface area (TPSA) is 79.2 Å². The van der Waals surface area contributed by atoms with Crippen LogP contribution in [0.25, 0.3) is 29.2 Å². The van der Waals surface area contributed by atoms with E-state index in [1.807, 2.05) is 42.1 Å². The van der Waals surface area contributed by atoms with Crippen molar-refractivity contribution < 1.29 is 4.52 Å². The van der Waals surface area contributed by atoms with Gasteiger partial charge in [-0.15, -0.1) is 4.57 Å². The third-order valence-corrected chi connectivity index (χ3v) is 3.90. The Kier molecular flexibility index (Phi) is 2.68. The third-order valence-electron chi connectivity index (χ3n) is 3.90. The van der Waals surface area contributed by atoms with Gasteiger partial charge in [-0.1, -0.05) is 24.8 Å². The van der Waals surface area contributed by atoms with Crippen molar-refractivity contribution in [2.45, 2.75) is 0 Å². The van der Waals surface area contributed by atoms with Crippen LogP contribution in [-0.4, -0.2) is 14.1 Å². The van der Waals surface area contributed by atoms with Gasteiger partial charge in [0.15, 0.2) is 16.6 Å². The van der Waals surface area contributed by atoms with Crippen molar-refractivity contribution in [3.63, 3.8) is 0 Å². The highest BCUT2D eigenvalue weighted by atomic mass is 16.5. The molecule has 0 saturated carbocycles. The molecule has 0 unspecified atom stereocenters. The molecular formula is C17H14N4O2. The first-order valence-electron chi connectivity index (χ1n) is 7.09. The fourth-order valence-electron chi connectivity index (χ4n) is 2.83. The predicted octanol–water partition coefficient (Wildman–Crippen LogP) is 0.431. The molecule has 0 aliphatic heterocycles. The lowest BCUT2D eigenvalue weighted by Crippen LogP contribution is -2.44. The number of fused-ring (bicyclic) bond motifs is 2. The van der Waals surface area contributed by atoms with Crippen LogP contribution in [0.3, 0.4) is 0 Å². The van der Waals surface area contributed by atoms with E-state index in [-0.39, 0.29) is 16.3 Å². The van der Waals surface area contributed by atoms with Crippen LogP contribution in [-0.2, 0) is 7.05 Å². The normalized spacial score (nSPS) is 12.5. The first-order valence-corrected chi connectivity index (χ1v) is 7.09. The van der Waals surface area contributed by atoms with Gasteiger partial charge in [0.1, 0.15) is 0 Å². The van der Waals surface area contributed by atoms with Gasteiger partial charge in [0.05, 0.1) is 5.22 Å². The second-order valence-electron chi connectivity index (χ2n) is 5.45. The summed E-state index contributed by atoms with van der Waals surface area (Å²) in [6.07, 6.45) is 3.65. The van der Waals surface area contributed by atoms with Gasteiger partial charge < -0.3 is 14.1 Å². The van der Waals surface area contributed by atoms with E-state index in [0.717, 1.165) is 16.5 Å². The van der Waals surface area contributed by atoms with Crippen molar-refractivity contribution in [3.05, 3.63) is 68.6 Å². The molecule has 3 heterocycles. The molecule has 23 heavy (non-hydrogen) atoms. The van der Waals surface area contributed by atoms with Crippen molar-refractivity contribution in [1.82, 2.24) is 14.1 Å². The Bertz CT molecular complexity index is 1280. The van der Waals surface area contributed by atoms with Crippen LogP contribution in [0.4, 0.5) is 0 Å². The van der Waals surface area contributed by atoms with Gasteiger partial charge in [-0.2, -0.15) is 0 Å². The van der Waals surface area contributed by atoms with Crippen LogP contribution in [0.5, 0.6) is 0 Å². The number of hydrogen-bond acceptors (Lipinski definition) is 3. The molecule has 0 amide bonds. The molecule has 0 bridgehead atoms. The molecule has 114 valence electrons. The average Bonchev–Trinajstić information content (AvgIpc) is 3.04. The second kappa shape index (κ2) is 4.61. The number of H-pyrrole nitrogens is 1. The van der Waals surface area contributed by atoms with Crippen molar-refractivity contribution >= 4 is 29.2 Å². The van der Waals surface area contributed by atoms with Crippen LogP contribution in [0, 0.1) is 5.41 Å². The lowest BCUT2D eigenvalue weighted by molar-refractivity contribution is 0.336. The predicted molar refractivity (Wildman–Crippen MR) is 87.4 cm³/mol. The van der Waals surface area contributed by atoms with Crippen LogP contribution < -0.4 is 21.7 Å². The van der Waals surface area contributed by atoms with Gasteiger partial charge in [0.2, 0.25) is 0 Å². The highest BCUT2D eigenvalue weighted by Crippen LogP contribution is 2.20. The Morgan fingerprint density at radius 2 is 2.13 bits per heavy atom. The maximum Gasteiger partial charge on any atom is 0.260 e. The van der Waals surface area contributed by atoms with Crippen LogP contribution in [0.2, 0.25) is 0 Å². The first kappa shape index (κ1) is 13.4. The number of hydrogen-bond donors (Lipinski definition) is 2. The van der Waals surface area contributed by atoms with E-state index in [4.69, 9.17) is 9.93 Å². The Labute approximate surface area is 129 Å². The van der Waals surface area contributed by atoms with E-state index in [0.29, 0.717) is 11.1 Å². The van der Waals surface area contributed by atoms with E-state index in [1.54, 1.807) is 12.1 Å². The summed E-state index contributed by atoms with van der Waals surface area (Å²) in [5.74, 6) is 0. The summed E-state index contributed by atoms with van der Waals surface area (Å²) in [6, 6.07) is 9.51. The van der Waals surface area contributed by atoms with E-state index >= 15 is 0 Å². The fraction of sp³-hybridized carbons (Fsp3) is 0.0588. The highest BCUT2D eigenvalue weighted by Gasteiger charge is 2.07. The minimum atomic E-state index is -0.330. The summed E-state index contributed by atoms with van der Waals surface area (Å²) in [6.45, 7) is 3.68. The minimum absolute atomic E-state index is 0.00779. The largest absolute Gasteiger partial charge is 0.372 e. The first-order chi connectivity index (χ1) is 11.0. The van der Waals surface area contributed by atoms with Crippen LogP contribution >= 0.6 is 0 Å². The SMILES string of the molecule is C=c1cc2[nH]c(=O)/c(=C\c3cn(C)c4ccccc34)c(=N)n2o1. The van der Waals surface area contributed by atoms with Gasteiger partial charge in [0, 0.05) is 35.8 Å². The Balaban J connectivity index is 2.12. The maximum absolute atomic E-state index is 12.3. The highest BCUT2D eigenvalue weighted by molar-refractivity contribution is 5.89. The fourth-order valence-corrected chi connectivity index (χ4v) is 2.83. The molecule has 0 aliphatic rings. The monoisotopic (exact) mass is 306 g/mol. The number of nitrogens with one attached hydrogen (secondary N) is 2. The molecule has 0 saturated heterocycles. The summed E-state index contributed by atoms with van der Waals surface area (Å²) < 4.78 is 8.60. The molecule has 0 radical (unpaired) electrons. The van der Waals surface area contributed by atoms with Gasteiger partial charge in [-0.05, 0) is 12.1 Å². The molecule has 6 nitrogen and oxygen atoms in total. The van der Waals surface area contributed by atoms with Crippen LogP contribution in [0.15, 0.2) is 45.8 Å². The number of aryl methyl sites for hydroxylation is 1. The number of aromatic amines is 1. The molecule has 0 aliphatic carbocycles. The number of aromatic nitrogens is 3. The zero-order chi connectivity index (χ0) is 16.1. The van der Waals surface area contributed by atoms with E-state index < -0.39 is 0 Å². The molecule has 2 N–H and O–H groups in total. The minimum Gasteiger partial charge on any atom is -0.372 e. The smallest absolute Gasteiger partial charge is 0.260 e. The molecule has 6 heteroatoms. The summed E-state index contributed by atoms with van der Waals surface area (Å²) in [5.41, 5.74) is 2.41. The molecule has 3 aromatic heterocycles. The Morgan fingerprint density at radius 1 is 1.35 bits per heavy atom. The Hall–Kier alpha value is -3.28. The number of rotatable bonds is 1. The van der Waals surface area contributed by atoms with Crippen molar-refractivity contribution in [3.8, 4) is 0 Å². The number of nitrogens with zero attached hydrogens (tertiary/aromatic N) is 2. The van der Waals surface area contributed by atoms with E-state index in [2.05, 4.69) is 11.6 Å². The lowest BCUT2D eigenvalue weighted by Gasteiger charge is -1.95. The molecule has 1 aromatic carbocycles. The summed E-state index contributed by atoms with van der Waals surface area (Å²) in [5, 5.41) is 9.51. The standard InChI is InChI=1S/C17H14N4O2/c1-10-7-15-19-17(22)13(16(18)21(15)23-10)8-11-9-20(2)14-6-4-3-5-12(11)14/h3-9,18H,1H2,2H3,(H,19,22)/b13-8-,18-16?. The van der Waals surface area contributed by atoms with Crippen LogP contribution in [0.1, 0.15) is 5.56 Å². The summed E-state index contributed by atoms with van der Waals surface area (Å²) >= 11 is 0. The number of benzene rings is 1. The molecule has 0 fully saturated rings. The molecule has 4 aromatic rings. The van der Waals surface area contributed by atoms with Crippen molar-refractivity contribution in [1.29, 1.82) is 5.41 Å². The van der Waals surface area contributed by atoms with E-state index in [9.17, 15) is 4.79 Å². The quantitative estimate of drug-likeness (QED) is 0.535.